The van der Waals surface area contributed by atoms with Crippen LogP contribution in [-0.4, -0.2) is 11.4 Å². The van der Waals surface area contributed by atoms with E-state index in [9.17, 15) is 8.78 Å². The van der Waals surface area contributed by atoms with E-state index >= 15 is 0 Å². The number of nitrogens with two attached hydrogens (primary N) is 1. The number of hydrogen-bond donors (Lipinski definition) is 2. The highest BCUT2D eigenvalue weighted by Gasteiger charge is 2.36. The third kappa shape index (κ3) is 3.57. The van der Waals surface area contributed by atoms with Crippen molar-refractivity contribution in [2.24, 2.45) is 5.84 Å². The summed E-state index contributed by atoms with van der Waals surface area (Å²) in [5.74, 6) is 5.00. The molecule has 0 aliphatic heterocycles. The van der Waals surface area contributed by atoms with Crippen LogP contribution in [0, 0.1) is 0 Å². The summed E-state index contributed by atoms with van der Waals surface area (Å²) in [6.07, 6.45) is -0.0350. The van der Waals surface area contributed by atoms with Crippen LogP contribution in [-0.2, 0) is 6.42 Å². The lowest BCUT2D eigenvalue weighted by Gasteiger charge is -2.20. The average Bonchev–Trinajstić information content (AvgIpc) is 2.14. The fraction of sp³-hybridized carbons (Fsp3) is 0.333. The molecule has 0 fully saturated rings. The number of halogens is 4. The second-order valence-corrected chi connectivity index (χ2v) is 3.97. The van der Waals surface area contributed by atoms with Crippen molar-refractivity contribution >= 4 is 23.2 Å². The van der Waals surface area contributed by atoms with Gasteiger partial charge >= 0.3 is 5.38 Å². The van der Waals surface area contributed by atoms with E-state index < -0.39 is 11.4 Å². The van der Waals surface area contributed by atoms with E-state index in [0.29, 0.717) is 10.6 Å². The Labute approximate surface area is 96.3 Å². The monoisotopic (exact) mass is 254 g/mol. The van der Waals surface area contributed by atoms with Crippen LogP contribution in [0.3, 0.4) is 0 Å². The van der Waals surface area contributed by atoms with Gasteiger partial charge in [-0.3, -0.25) is 5.84 Å². The topological polar surface area (TPSA) is 38.0 Å². The van der Waals surface area contributed by atoms with Gasteiger partial charge in [-0.25, -0.2) is 5.43 Å². The molecule has 0 aliphatic carbocycles. The molecule has 3 N–H and O–H groups in total. The lowest BCUT2D eigenvalue weighted by atomic mass is 10.1. The molecule has 0 saturated heterocycles. The van der Waals surface area contributed by atoms with Gasteiger partial charge < -0.3 is 0 Å². The van der Waals surface area contributed by atoms with Crippen LogP contribution in [0.4, 0.5) is 8.78 Å². The Kier molecular flexibility index (Phi) is 4.28. The Balaban J connectivity index is 2.80. The number of benzene rings is 1. The van der Waals surface area contributed by atoms with Gasteiger partial charge in [0.25, 0.3) is 0 Å². The van der Waals surface area contributed by atoms with Crippen molar-refractivity contribution < 1.29 is 8.78 Å². The summed E-state index contributed by atoms with van der Waals surface area (Å²) in [5, 5.41) is -2.99. The minimum atomic E-state index is -3.41. The zero-order valence-corrected chi connectivity index (χ0v) is 9.19. The third-order valence-electron chi connectivity index (χ3n) is 1.98. The van der Waals surface area contributed by atoms with Crippen molar-refractivity contribution in [1.29, 1.82) is 0 Å². The molecular weight excluding hydrogens is 245 g/mol. The first-order chi connectivity index (χ1) is 6.95. The first kappa shape index (κ1) is 12.6. The molecule has 0 spiro atoms. The molecule has 0 radical (unpaired) electrons. The standard InChI is InChI=1S/C9H10Cl2F2N2/c10-7-4-2-1-3-6(7)5-8(15-14)9(11,12)13/h1-4,8,15H,5,14H2. The van der Waals surface area contributed by atoms with E-state index in [1.807, 2.05) is 5.43 Å². The van der Waals surface area contributed by atoms with E-state index in [4.69, 9.17) is 29.0 Å². The smallest absolute Gasteiger partial charge is 0.271 e. The number of nitrogens with one attached hydrogen (secondary N) is 1. The molecule has 84 valence electrons. The predicted octanol–water partition coefficient (Wildman–Crippen LogP) is 2.55. The van der Waals surface area contributed by atoms with Crippen LogP contribution >= 0.6 is 23.2 Å². The van der Waals surface area contributed by atoms with E-state index in [-0.39, 0.29) is 6.42 Å². The van der Waals surface area contributed by atoms with Crippen molar-refractivity contribution in [3.63, 3.8) is 0 Å². The van der Waals surface area contributed by atoms with Gasteiger partial charge in [-0.15, -0.1) is 0 Å². The summed E-state index contributed by atoms with van der Waals surface area (Å²) >= 11 is 10.7. The van der Waals surface area contributed by atoms with Crippen molar-refractivity contribution in [3.05, 3.63) is 34.9 Å². The van der Waals surface area contributed by atoms with Crippen molar-refractivity contribution in [2.45, 2.75) is 17.8 Å². The minimum absolute atomic E-state index is 0.0350. The molecule has 2 nitrogen and oxygen atoms in total. The number of hydrogen-bond acceptors (Lipinski definition) is 2. The highest BCUT2D eigenvalue weighted by Crippen LogP contribution is 2.27. The summed E-state index contributed by atoms with van der Waals surface area (Å²) in [5.41, 5.74) is 2.55. The molecule has 1 aromatic rings. The SMILES string of the molecule is NNC(Cc1ccccc1Cl)C(F)(F)Cl. The fourth-order valence-electron chi connectivity index (χ4n) is 1.15. The fourth-order valence-corrected chi connectivity index (χ4v) is 1.51. The molecule has 1 rings (SSSR count). The van der Waals surface area contributed by atoms with Gasteiger partial charge in [0.1, 0.15) is 6.04 Å². The quantitative estimate of drug-likeness (QED) is 0.493. The average molecular weight is 255 g/mol. The van der Waals surface area contributed by atoms with Gasteiger partial charge in [-0.05, 0) is 29.7 Å². The van der Waals surface area contributed by atoms with Crippen LogP contribution in [0.25, 0.3) is 0 Å². The molecule has 1 aromatic carbocycles. The lowest BCUT2D eigenvalue weighted by molar-refractivity contribution is 0.0503. The van der Waals surface area contributed by atoms with Gasteiger partial charge in [0.05, 0.1) is 0 Å². The summed E-state index contributed by atoms with van der Waals surface area (Å²) in [6.45, 7) is 0. The minimum Gasteiger partial charge on any atom is -0.271 e. The van der Waals surface area contributed by atoms with Gasteiger partial charge in [0.15, 0.2) is 0 Å². The van der Waals surface area contributed by atoms with Gasteiger partial charge in [0.2, 0.25) is 0 Å². The van der Waals surface area contributed by atoms with Crippen LogP contribution < -0.4 is 11.3 Å². The van der Waals surface area contributed by atoms with Crippen LogP contribution in [0.2, 0.25) is 5.02 Å². The third-order valence-corrected chi connectivity index (χ3v) is 2.61. The second kappa shape index (κ2) is 5.07. The Hall–Kier alpha value is -0.420. The first-order valence-electron chi connectivity index (χ1n) is 4.21. The van der Waals surface area contributed by atoms with E-state index in [0.717, 1.165) is 0 Å². The Morgan fingerprint density at radius 2 is 2.00 bits per heavy atom. The molecule has 0 aromatic heterocycles. The molecule has 6 heteroatoms. The molecule has 0 amide bonds. The molecule has 1 atom stereocenters. The number of rotatable bonds is 4. The van der Waals surface area contributed by atoms with Crippen molar-refractivity contribution in [1.82, 2.24) is 5.43 Å². The Morgan fingerprint density at radius 3 is 2.47 bits per heavy atom. The van der Waals surface area contributed by atoms with Gasteiger partial charge in [0, 0.05) is 5.02 Å². The van der Waals surface area contributed by atoms with E-state index in [1.165, 1.54) is 0 Å². The number of hydrazine groups is 1. The highest BCUT2D eigenvalue weighted by molar-refractivity contribution is 6.31. The van der Waals surface area contributed by atoms with E-state index in [1.54, 1.807) is 24.3 Å². The zero-order valence-electron chi connectivity index (χ0n) is 7.68. The lowest BCUT2D eigenvalue weighted by Crippen LogP contribution is -2.46. The molecule has 0 aliphatic rings. The maximum Gasteiger partial charge on any atom is 0.338 e. The summed E-state index contributed by atoms with van der Waals surface area (Å²) in [4.78, 5) is 0. The molecular formula is C9H10Cl2F2N2. The molecule has 1 unspecified atom stereocenters. The van der Waals surface area contributed by atoms with Gasteiger partial charge in [-0.2, -0.15) is 8.78 Å². The number of alkyl halides is 3. The zero-order chi connectivity index (χ0) is 11.5. The molecule has 15 heavy (non-hydrogen) atoms. The molecule has 0 saturated carbocycles. The summed E-state index contributed by atoms with van der Waals surface area (Å²) < 4.78 is 25.6. The molecule has 0 bridgehead atoms. The highest BCUT2D eigenvalue weighted by atomic mass is 35.5. The van der Waals surface area contributed by atoms with Crippen molar-refractivity contribution in [2.75, 3.05) is 0 Å². The van der Waals surface area contributed by atoms with E-state index in [2.05, 4.69) is 0 Å². The summed E-state index contributed by atoms with van der Waals surface area (Å²) in [6, 6.07) is 5.35. The predicted molar refractivity (Wildman–Crippen MR) is 57.1 cm³/mol. The summed E-state index contributed by atoms with van der Waals surface area (Å²) in [7, 11) is 0. The van der Waals surface area contributed by atoms with Gasteiger partial charge in [-0.1, -0.05) is 29.8 Å². The molecule has 0 heterocycles. The van der Waals surface area contributed by atoms with Crippen molar-refractivity contribution in [3.8, 4) is 0 Å². The maximum absolute atomic E-state index is 12.8. The maximum atomic E-state index is 12.8. The Morgan fingerprint density at radius 1 is 1.40 bits per heavy atom. The van der Waals surface area contributed by atoms with Crippen LogP contribution in [0.15, 0.2) is 24.3 Å². The first-order valence-corrected chi connectivity index (χ1v) is 4.97. The normalized spacial score (nSPS) is 13.9. The second-order valence-electron chi connectivity index (χ2n) is 3.06. The largest absolute Gasteiger partial charge is 0.338 e. The Bertz CT molecular complexity index is 328. The van der Waals surface area contributed by atoms with Crippen LogP contribution in [0.5, 0.6) is 0 Å². The van der Waals surface area contributed by atoms with Crippen LogP contribution in [0.1, 0.15) is 5.56 Å².